The van der Waals surface area contributed by atoms with Crippen LogP contribution in [0.2, 0.25) is 0 Å². The topological polar surface area (TPSA) is 31.4 Å². The molecule has 3 heteroatoms. The van der Waals surface area contributed by atoms with Gasteiger partial charge in [-0.15, -0.1) is 0 Å². The molecule has 3 rings (SSSR count). The number of rotatable bonds is 3. The van der Waals surface area contributed by atoms with Gasteiger partial charge in [0.1, 0.15) is 5.75 Å². The Balaban J connectivity index is 1.85. The first kappa shape index (κ1) is 12.2. The van der Waals surface area contributed by atoms with Crippen molar-refractivity contribution in [1.82, 2.24) is 4.98 Å². The first-order valence-electron chi connectivity index (χ1n) is 6.64. The van der Waals surface area contributed by atoms with Crippen LogP contribution < -0.4 is 4.74 Å². The van der Waals surface area contributed by atoms with E-state index in [1.54, 1.807) is 6.20 Å². The van der Waals surface area contributed by atoms with Gasteiger partial charge in [-0.1, -0.05) is 17.7 Å². The smallest absolute Gasteiger partial charge is 0.225 e. The van der Waals surface area contributed by atoms with E-state index in [4.69, 9.17) is 9.47 Å². The van der Waals surface area contributed by atoms with Crippen molar-refractivity contribution in [3.8, 4) is 11.6 Å². The molecule has 19 heavy (non-hydrogen) atoms. The second-order valence-electron chi connectivity index (χ2n) is 4.81. The van der Waals surface area contributed by atoms with Crippen molar-refractivity contribution in [2.45, 2.75) is 25.9 Å². The zero-order chi connectivity index (χ0) is 13.1. The van der Waals surface area contributed by atoms with Crippen LogP contribution in [0.5, 0.6) is 11.6 Å². The molecule has 0 aliphatic carbocycles. The maximum Gasteiger partial charge on any atom is 0.225 e. The van der Waals surface area contributed by atoms with Gasteiger partial charge in [-0.2, -0.15) is 0 Å². The highest BCUT2D eigenvalue weighted by Crippen LogP contribution is 2.35. The summed E-state index contributed by atoms with van der Waals surface area (Å²) < 4.78 is 11.6. The molecule has 1 unspecified atom stereocenters. The molecule has 1 atom stereocenters. The van der Waals surface area contributed by atoms with E-state index in [-0.39, 0.29) is 6.10 Å². The summed E-state index contributed by atoms with van der Waals surface area (Å²) in [7, 11) is 0. The molecule has 0 bridgehead atoms. The van der Waals surface area contributed by atoms with Gasteiger partial charge >= 0.3 is 0 Å². The highest BCUT2D eigenvalue weighted by Gasteiger charge is 2.22. The lowest BCUT2D eigenvalue weighted by Crippen LogP contribution is -2.00. The van der Waals surface area contributed by atoms with Crippen LogP contribution in [0.15, 0.2) is 42.6 Å². The molecule has 1 fully saturated rings. The molecule has 0 saturated carbocycles. The van der Waals surface area contributed by atoms with Gasteiger partial charge in [0.2, 0.25) is 5.88 Å². The Morgan fingerprint density at radius 1 is 1.21 bits per heavy atom. The van der Waals surface area contributed by atoms with Gasteiger partial charge in [0, 0.05) is 18.4 Å². The predicted octanol–water partition coefficient (Wildman–Crippen LogP) is 4.03. The van der Waals surface area contributed by atoms with E-state index < -0.39 is 0 Å². The normalized spacial score (nSPS) is 18.5. The first-order valence-corrected chi connectivity index (χ1v) is 6.64. The van der Waals surface area contributed by atoms with E-state index in [1.807, 2.05) is 36.4 Å². The molecule has 0 radical (unpaired) electrons. The summed E-state index contributed by atoms with van der Waals surface area (Å²) in [5.41, 5.74) is 2.26. The second-order valence-corrected chi connectivity index (χ2v) is 4.81. The maximum atomic E-state index is 5.89. The van der Waals surface area contributed by atoms with E-state index in [2.05, 4.69) is 11.9 Å². The van der Waals surface area contributed by atoms with Crippen molar-refractivity contribution in [2.75, 3.05) is 6.61 Å². The van der Waals surface area contributed by atoms with Crippen molar-refractivity contribution < 1.29 is 9.47 Å². The molecule has 2 heterocycles. The average Bonchev–Trinajstić information content (AvgIpc) is 2.96. The van der Waals surface area contributed by atoms with Crippen LogP contribution in [0.25, 0.3) is 0 Å². The van der Waals surface area contributed by atoms with Crippen LogP contribution >= 0.6 is 0 Å². The molecule has 1 saturated heterocycles. The minimum atomic E-state index is 0.120. The molecule has 0 N–H and O–H groups in total. The summed E-state index contributed by atoms with van der Waals surface area (Å²) in [5.74, 6) is 1.46. The van der Waals surface area contributed by atoms with Crippen LogP contribution in [-0.4, -0.2) is 11.6 Å². The Bertz CT molecular complexity index is 545. The number of benzene rings is 1. The molecular formula is C16H17NO2. The molecular weight excluding hydrogens is 238 g/mol. The van der Waals surface area contributed by atoms with E-state index in [0.29, 0.717) is 5.88 Å². The lowest BCUT2D eigenvalue weighted by atomic mass is 10.1. The van der Waals surface area contributed by atoms with E-state index in [0.717, 1.165) is 30.8 Å². The van der Waals surface area contributed by atoms with Crippen molar-refractivity contribution in [3.05, 3.63) is 53.7 Å². The van der Waals surface area contributed by atoms with Crippen molar-refractivity contribution in [1.29, 1.82) is 0 Å². The fourth-order valence-corrected chi connectivity index (χ4v) is 2.27. The molecule has 1 aliphatic rings. The first-order chi connectivity index (χ1) is 9.33. The highest BCUT2D eigenvalue weighted by molar-refractivity contribution is 5.35. The summed E-state index contributed by atoms with van der Waals surface area (Å²) in [5, 5.41) is 0. The standard InChI is InChI=1S/C16H17NO2/c1-12-6-8-13(9-7-12)19-16-14(4-2-10-17-16)15-5-3-11-18-15/h2,4,6-10,15H,3,5,11H2,1H3. The largest absolute Gasteiger partial charge is 0.439 e. The van der Waals surface area contributed by atoms with Gasteiger partial charge in [-0.3, -0.25) is 0 Å². The fraction of sp³-hybridized carbons (Fsp3) is 0.312. The quantitative estimate of drug-likeness (QED) is 0.829. The van der Waals surface area contributed by atoms with E-state index in [9.17, 15) is 0 Å². The zero-order valence-corrected chi connectivity index (χ0v) is 11.0. The Labute approximate surface area is 113 Å². The second kappa shape index (κ2) is 5.41. The van der Waals surface area contributed by atoms with E-state index in [1.165, 1.54) is 5.56 Å². The number of nitrogens with zero attached hydrogens (tertiary/aromatic N) is 1. The molecule has 1 aromatic carbocycles. The summed E-state index contributed by atoms with van der Waals surface area (Å²) in [6.07, 6.45) is 4.01. The molecule has 3 nitrogen and oxygen atoms in total. The minimum Gasteiger partial charge on any atom is -0.439 e. The number of ether oxygens (including phenoxy) is 2. The van der Waals surface area contributed by atoms with Crippen LogP contribution in [-0.2, 0) is 4.74 Å². The van der Waals surface area contributed by atoms with Gasteiger partial charge in [0.05, 0.1) is 6.10 Å². The van der Waals surface area contributed by atoms with Gasteiger partial charge < -0.3 is 9.47 Å². The lowest BCUT2D eigenvalue weighted by molar-refractivity contribution is 0.109. The van der Waals surface area contributed by atoms with Gasteiger partial charge in [-0.25, -0.2) is 4.98 Å². The Morgan fingerprint density at radius 3 is 2.79 bits per heavy atom. The molecule has 0 amide bonds. The Morgan fingerprint density at radius 2 is 2.05 bits per heavy atom. The lowest BCUT2D eigenvalue weighted by Gasteiger charge is -2.14. The molecule has 1 aliphatic heterocycles. The predicted molar refractivity (Wildman–Crippen MR) is 73.4 cm³/mol. The van der Waals surface area contributed by atoms with Crippen molar-refractivity contribution >= 4 is 0 Å². The summed E-state index contributed by atoms with van der Waals surface area (Å²) in [4.78, 5) is 4.34. The summed E-state index contributed by atoms with van der Waals surface area (Å²) in [6, 6.07) is 12.0. The zero-order valence-electron chi connectivity index (χ0n) is 11.0. The summed E-state index contributed by atoms with van der Waals surface area (Å²) >= 11 is 0. The van der Waals surface area contributed by atoms with Crippen LogP contribution in [0.4, 0.5) is 0 Å². The average molecular weight is 255 g/mol. The number of pyridine rings is 1. The van der Waals surface area contributed by atoms with Crippen LogP contribution in [0, 0.1) is 6.92 Å². The molecule has 0 spiro atoms. The third-order valence-corrected chi connectivity index (χ3v) is 3.31. The fourth-order valence-electron chi connectivity index (χ4n) is 2.27. The number of hydrogen-bond acceptors (Lipinski definition) is 3. The van der Waals surface area contributed by atoms with Gasteiger partial charge in [-0.05, 0) is 44.0 Å². The SMILES string of the molecule is Cc1ccc(Oc2ncccc2C2CCCO2)cc1. The van der Waals surface area contributed by atoms with Crippen molar-refractivity contribution in [2.24, 2.45) is 0 Å². The third-order valence-electron chi connectivity index (χ3n) is 3.31. The van der Waals surface area contributed by atoms with Crippen molar-refractivity contribution in [3.63, 3.8) is 0 Å². The molecule has 1 aromatic heterocycles. The minimum absolute atomic E-state index is 0.120. The Kier molecular flexibility index (Phi) is 3.47. The Hall–Kier alpha value is -1.87. The van der Waals surface area contributed by atoms with E-state index >= 15 is 0 Å². The van der Waals surface area contributed by atoms with Crippen LogP contribution in [0.3, 0.4) is 0 Å². The number of aromatic nitrogens is 1. The monoisotopic (exact) mass is 255 g/mol. The molecule has 98 valence electrons. The van der Waals surface area contributed by atoms with Gasteiger partial charge in [0.15, 0.2) is 0 Å². The number of aryl methyl sites for hydroxylation is 1. The maximum absolute atomic E-state index is 5.89. The summed E-state index contributed by atoms with van der Waals surface area (Å²) in [6.45, 7) is 2.88. The molecule has 2 aromatic rings. The third kappa shape index (κ3) is 2.76. The van der Waals surface area contributed by atoms with Gasteiger partial charge in [0.25, 0.3) is 0 Å². The number of hydrogen-bond donors (Lipinski definition) is 0. The highest BCUT2D eigenvalue weighted by atomic mass is 16.5. The van der Waals surface area contributed by atoms with Crippen LogP contribution in [0.1, 0.15) is 30.1 Å².